The molecule has 4 heteroatoms. The molecule has 0 N–H and O–H groups in total. The second-order valence-corrected chi connectivity index (χ2v) is 12.7. The van der Waals surface area contributed by atoms with Crippen molar-refractivity contribution in [1.82, 2.24) is 0 Å². The Balaban J connectivity index is 1.93. The van der Waals surface area contributed by atoms with Gasteiger partial charge in [0.25, 0.3) is 0 Å². The SMILES string of the molecule is CCS(C)(OCc1cccc(-c2c(C)cc3c(c2C)C(=O)CO3)c1)C(C)(C)C. The molecule has 0 amide bonds. The van der Waals surface area contributed by atoms with Crippen LogP contribution >= 0.6 is 10.3 Å². The summed E-state index contributed by atoms with van der Waals surface area (Å²) in [5, 5.41) is 0. The molecule has 0 bridgehead atoms. The average molecular weight is 401 g/mol. The summed E-state index contributed by atoms with van der Waals surface area (Å²) in [4.78, 5) is 12.2. The molecule has 2 aromatic carbocycles. The Morgan fingerprint density at radius 3 is 2.50 bits per heavy atom. The monoisotopic (exact) mass is 400 g/mol. The van der Waals surface area contributed by atoms with E-state index in [9.17, 15) is 4.79 Å². The van der Waals surface area contributed by atoms with Crippen molar-refractivity contribution in [3.63, 3.8) is 0 Å². The van der Waals surface area contributed by atoms with Crippen LogP contribution in [0.5, 0.6) is 5.75 Å². The maximum atomic E-state index is 12.2. The Labute approximate surface area is 171 Å². The van der Waals surface area contributed by atoms with Crippen molar-refractivity contribution >= 4 is 16.1 Å². The minimum absolute atomic E-state index is 0.0701. The minimum Gasteiger partial charge on any atom is -0.485 e. The Bertz CT molecular complexity index is 911. The highest BCUT2D eigenvalue weighted by atomic mass is 32.3. The van der Waals surface area contributed by atoms with Crippen molar-refractivity contribution in [2.24, 2.45) is 0 Å². The van der Waals surface area contributed by atoms with E-state index in [1.165, 1.54) is 0 Å². The number of hydrogen-bond donors (Lipinski definition) is 0. The summed E-state index contributed by atoms with van der Waals surface area (Å²) in [5.41, 5.74) is 6.29. The molecule has 1 aliphatic rings. The van der Waals surface area contributed by atoms with E-state index in [-0.39, 0.29) is 17.1 Å². The summed E-state index contributed by atoms with van der Waals surface area (Å²) in [5.74, 6) is 1.83. The highest BCUT2D eigenvalue weighted by molar-refractivity contribution is 8.30. The Morgan fingerprint density at radius 2 is 1.86 bits per heavy atom. The third-order valence-corrected chi connectivity index (χ3v) is 10.3. The number of Topliss-reactive ketones (excluding diaryl/α,β-unsaturated/α-hetero) is 1. The van der Waals surface area contributed by atoms with Gasteiger partial charge in [-0.3, -0.25) is 4.79 Å². The molecule has 1 heterocycles. The lowest BCUT2D eigenvalue weighted by Crippen LogP contribution is -2.27. The first-order valence-corrected chi connectivity index (χ1v) is 12.0. The van der Waals surface area contributed by atoms with Gasteiger partial charge in [-0.1, -0.05) is 45.9 Å². The zero-order chi connectivity index (χ0) is 20.7. The van der Waals surface area contributed by atoms with Crippen molar-refractivity contribution in [2.75, 3.05) is 18.6 Å². The lowest BCUT2D eigenvalue weighted by Gasteiger charge is -2.46. The van der Waals surface area contributed by atoms with E-state index in [1.807, 2.05) is 13.0 Å². The van der Waals surface area contributed by atoms with Crippen LogP contribution < -0.4 is 4.74 Å². The van der Waals surface area contributed by atoms with E-state index in [1.54, 1.807) is 0 Å². The predicted molar refractivity (Wildman–Crippen MR) is 120 cm³/mol. The highest BCUT2D eigenvalue weighted by Crippen LogP contribution is 2.57. The number of benzene rings is 2. The van der Waals surface area contributed by atoms with Crippen LogP contribution in [0, 0.1) is 13.8 Å². The largest absolute Gasteiger partial charge is 0.485 e. The fraction of sp³-hybridized carbons (Fsp3) is 0.458. The molecule has 0 saturated carbocycles. The zero-order valence-electron chi connectivity index (χ0n) is 18.1. The fourth-order valence-corrected chi connectivity index (χ4v) is 5.56. The van der Waals surface area contributed by atoms with Crippen molar-refractivity contribution in [3.05, 3.63) is 52.6 Å². The molecule has 0 aromatic heterocycles. The van der Waals surface area contributed by atoms with Crippen molar-refractivity contribution in [1.29, 1.82) is 0 Å². The third-order valence-electron chi connectivity index (χ3n) is 5.92. The standard InChI is InChI=1S/C24H32O3S/c1-8-28(7,24(4,5)6)27-14-18-10-9-11-19(13-18)22-16(2)12-21-23(17(22)3)20(25)15-26-21/h9-13H,8,14-15H2,1-7H3. The highest BCUT2D eigenvalue weighted by Gasteiger charge is 2.32. The van der Waals surface area contributed by atoms with Crippen LogP contribution in [0.2, 0.25) is 0 Å². The van der Waals surface area contributed by atoms with Gasteiger partial charge in [-0.05, 0) is 65.8 Å². The van der Waals surface area contributed by atoms with Crippen molar-refractivity contribution < 1.29 is 13.7 Å². The number of ketones is 1. The van der Waals surface area contributed by atoms with Gasteiger partial charge in [-0.25, -0.2) is 0 Å². The van der Waals surface area contributed by atoms with Gasteiger partial charge >= 0.3 is 0 Å². The lowest BCUT2D eigenvalue weighted by molar-refractivity contribution is 0.0961. The van der Waals surface area contributed by atoms with Gasteiger partial charge in [0.1, 0.15) is 5.75 Å². The minimum atomic E-state index is -1.16. The normalized spacial score (nSPS) is 17.0. The molecule has 3 rings (SSSR count). The molecule has 0 spiro atoms. The van der Waals surface area contributed by atoms with Gasteiger partial charge in [0.05, 0.1) is 12.2 Å². The third kappa shape index (κ3) is 3.72. The van der Waals surface area contributed by atoms with Crippen LogP contribution in [0.1, 0.15) is 54.7 Å². The first-order valence-electron chi connectivity index (χ1n) is 9.87. The van der Waals surface area contributed by atoms with Crippen LogP contribution in [-0.2, 0) is 10.8 Å². The van der Waals surface area contributed by atoms with E-state index in [4.69, 9.17) is 8.92 Å². The topological polar surface area (TPSA) is 35.5 Å². The molecule has 1 atom stereocenters. The Morgan fingerprint density at radius 1 is 1.14 bits per heavy atom. The number of rotatable bonds is 5. The number of aryl methyl sites for hydroxylation is 1. The lowest BCUT2D eigenvalue weighted by atomic mass is 9.90. The molecule has 0 fully saturated rings. The van der Waals surface area contributed by atoms with Crippen molar-refractivity contribution in [3.8, 4) is 16.9 Å². The van der Waals surface area contributed by atoms with E-state index >= 15 is 0 Å². The molecular formula is C24H32O3S. The molecule has 0 saturated heterocycles. The first kappa shape index (κ1) is 20.9. The van der Waals surface area contributed by atoms with Crippen LogP contribution in [0.4, 0.5) is 0 Å². The van der Waals surface area contributed by atoms with E-state index in [0.29, 0.717) is 6.61 Å². The Kier molecular flexibility index (Phi) is 5.66. The second-order valence-electron chi connectivity index (χ2n) is 8.65. The molecule has 1 aliphatic heterocycles. The fourth-order valence-electron chi connectivity index (χ4n) is 3.77. The smallest absolute Gasteiger partial charge is 0.204 e. The van der Waals surface area contributed by atoms with Gasteiger partial charge in [-0.2, -0.15) is 0 Å². The van der Waals surface area contributed by atoms with Gasteiger partial charge < -0.3 is 8.92 Å². The maximum absolute atomic E-state index is 12.2. The number of carbonyl (C=O) groups excluding carboxylic acids is 1. The molecule has 0 aliphatic carbocycles. The van der Waals surface area contributed by atoms with Gasteiger partial charge in [0.15, 0.2) is 6.61 Å². The zero-order valence-corrected chi connectivity index (χ0v) is 19.0. The first-order chi connectivity index (χ1) is 13.1. The number of ether oxygens (including phenoxy) is 1. The summed E-state index contributed by atoms with van der Waals surface area (Å²) in [6.07, 6.45) is 2.28. The Hall–Kier alpha value is -1.78. The maximum Gasteiger partial charge on any atom is 0.204 e. The molecule has 2 aromatic rings. The molecule has 1 unspecified atom stereocenters. The quantitative estimate of drug-likeness (QED) is 0.597. The second kappa shape index (κ2) is 7.57. The summed E-state index contributed by atoms with van der Waals surface area (Å²) < 4.78 is 12.2. The number of hydrogen-bond acceptors (Lipinski definition) is 3. The van der Waals surface area contributed by atoms with Crippen LogP contribution in [0.15, 0.2) is 30.3 Å². The number of fused-ring (bicyclic) bond motifs is 1. The molecule has 0 radical (unpaired) electrons. The summed E-state index contributed by atoms with van der Waals surface area (Å²) >= 11 is 0. The van der Waals surface area contributed by atoms with E-state index in [2.05, 4.69) is 65.1 Å². The summed E-state index contributed by atoms with van der Waals surface area (Å²) in [7, 11) is -1.16. The van der Waals surface area contributed by atoms with Gasteiger partial charge in [0.2, 0.25) is 5.78 Å². The molecule has 3 nitrogen and oxygen atoms in total. The van der Waals surface area contributed by atoms with Gasteiger partial charge in [-0.15, -0.1) is 10.3 Å². The average Bonchev–Trinajstić information content (AvgIpc) is 3.00. The molecule has 152 valence electrons. The molecule has 28 heavy (non-hydrogen) atoms. The molecular weight excluding hydrogens is 368 g/mol. The predicted octanol–water partition coefficient (Wildman–Crippen LogP) is 6.23. The summed E-state index contributed by atoms with van der Waals surface area (Å²) in [6.45, 7) is 13.9. The van der Waals surface area contributed by atoms with E-state index < -0.39 is 10.3 Å². The number of carbonyl (C=O) groups is 1. The van der Waals surface area contributed by atoms with Gasteiger partial charge in [0, 0.05) is 4.75 Å². The van der Waals surface area contributed by atoms with Crippen LogP contribution in [0.25, 0.3) is 11.1 Å². The summed E-state index contributed by atoms with van der Waals surface area (Å²) in [6, 6.07) is 10.5. The van der Waals surface area contributed by atoms with Crippen LogP contribution in [-0.4, -0.2) is 29.1 Å². The van der Waals surface area contributed by atoms with Crippen molar-refractivity contribution in [2.45, 2.75) is 52.9 Å². The van der Waals surface area contributed by atoms with E-state index in [0.717, 1.165) is 44.9 Å². The van der Waals surface area contributed by atoms with Crippen LogP contribution in [0.3, 0.4) is 0 Å².